The van der Waals surface area contributed by atoms with Crippen molar-refractivity contribution >= 4 is 17.3 Å². The number of nitrogen functional groups attached to an aromatic ring is 1. The summed E-state index contributed by atoms with van der Waals surface area (Å²) in [7, 11) is 0. The summed E-state index contributed by atoms with van der Waals surface area (Å²) in [6, 6.07) is 7.65. The summed E-state index contributed by atoms with van der Waals surface area (Å²) >= 11 is 0. The molecule has 1 aromatic rings. The number of nitrogens with zero attached hydrogens (tertiary/aromatic N) is 1. The average Bonchev–Trinajstić information content (AvgIpc) is 2.47. The molecule has 0 spiro atoms. The first-order chi connectivity index (χ1) is 6.66. The topological polar surface area (TPSA) is 58.4 Å². The van der Waals surface area contributed by atoms with E-state index in [2.05, 4.69) is 5.43 Å². The molecule has 14 heavy (non-hydrogen) atoms. The first-order valence-electron chi connectivity index (χ1n) is 4.61. The number of nitrogens with two attached hydrogens (primary N) is 1. The molecule has 74 valence electrons. The van der Waals surface area contributed by atoms with Gasteiger partial charge in [0.1, 0.15) is 0 Å². The molecule has 3 N–H and O–H groups in total. The highest BCUT2D eigenvalue weighted by atomic mass is 16.2. The Morgan fingerprint density at radius 1 is 1.43 bits per heavy atom. The minimum Gasteiger partial charge on any atom is -0.399 e. The van der Waals surface area contributed by atoms with Crippen LogP contribution in [0.3, 0.4) is 0 Å². The number of anilines is 2. The Morgan fingerprint density at radius 3 is 2.57 bits per heavy atom. The number of benzene rings is 1. The lowest BCUT2D eigenvalue weighted by Gasteiger charge is -2.22. The first-order valence-corrected chi connectivity index (χ1v) is 4.61. The van der Waals surface area contributed by atoms with E-state index in [1.54, 1.807) is 0 Å². The third-order valence-electron chi connectivity index (χ3n) is 2.34. The number of nitrogens with one attached hydrogen (secondary N) is 1. The summed E-state index contributed by atoms with van der Waals surface area (Å²) in [5.41, 5.74) is 10.1. The summed E-state index contributed by atoms with van der Waals surface area (Å²) in [4.78, 5) is 11.1. The fourth-order valence-electron chi connectivity index (χ4n) is 1.60. The monoisotopic (exact) mass is 191 g/mol. The second-order valence-electron chi connectivity index (χ2n) is 3.55. The van der Waals surface area contributed by atoms with Crippen LogP contribution >= 0.6 is 0 Å². The Morgan fingerprint density at radius 2 is 2.07 bits per heavy atom. The van der Waals surface area contributed by atoms with Crippen molar-refractivity contribution in [1.82, 2.24) is 5.43 Å². The summed E-state index contributed by atoms with van der Waals surface area (Å²) in [5, 5.41) is 1.86. The number of hydrogen-bond acceptors (Lipinski definition) is 3. The van der Waals surface area contributed by atoms with Gasteiger partial charge in [-0.15, -0.1) is 0 Å². The number of carbonyl (C=O) groups excluding carboxylic acids is 1. The Labute approximate surface area is 82.7 Å². The molecule has 1 fully saturated rings. The number of rotatable bonds is 1. The Balaban J connectivity index is 2.23. The van der Waals surface area contributed by atoms with Gasteiger partial charge in [-0.3, -0.25) is 15.2 Å². The van der Waals surface area contributed by atoms with E-state index < -0.39 is 0 Å². The van der Waals surface area contributed by atoms with Crippen LogP contribution in [0.5, 0.6) is 0 Å². The molecule has 0 bridgehead atoms. The van der Waals surface area contributed by atoms with E-state index in [-0.39, 0.29) is 11.9 Å². The number of hydrazine groups is 1. The molecule has 1 aromatic carbocycles. The second-order valence-corrected chi connectivity index (χ2v) is 3.55. The number of carbonyl (C=O) groups is 1. The normalized spacial score (nSPS) is 21.1. The van der Waals surface area contributed by atoms with Gasteiger partial charge in [-0.2, -0.15) is 0 Å². The van der Waals surface area contributed by atoms with Crippen LogP contribution in [0.15, 0.2) is 24.3 Å². The van der Waals surface area contributed by atoms with E-state index >= 15 is 0 Å². The summed E-state index contributed by atoms with van der Waals surface area (Å²) in [5.74, 6) is 0.0642. The molecule has 0 radical (unpaired) electrons. The third kappa shape index (κ3) is 1.51. The van der Waals surface area contributed by atoms with E-state index in [9.17, 15) is 4.79 Å². The van der Waals surface area contributed by atoms with E-state index in [0.29, 0.717) is 6.42 Å². The Hall–Kier alpha value is -1.71. The van der Waals surface area contributed by atoms with E-state index in [1.807, 2.05) is 36.2 Å². The van der Waals surface area contributed by atoms with Gasteiger partial charge in [-0.25, -0.2) is 0 Å². The van der Waals surface area contributed by atoms with Crippen LogP contribution in [0.4, 0.5) is 11.4 Å². The fraction of sp³-hybridized carbons (Fsp3) is 0.300. The maximum atomic E-state index is 11.1. The first kappa shape index (κ1) is 8.87. The maximum absolute atomic E-state index is 11.1. The van der Waals surface area contributed by atoms with Crippen molar-refractivity contribution in [3.63, 3.8) is 0 Å². The number of hydrogen-bond donors (Lipinski definition) is 2. The number of amides is 1. The summed E-state index contributed by atoms with van der Waals surface area (Å²) in [6.45, 7) is 2.01. The molecule has 0 aromatic heterocycles. The van der Waals surface area contributed by atoms with Crippen molar-refractivity contribution in [2.75, 3.05) is 10.7 Å². The highest BCUT2D eigenvalue weighted by Crippen LogP contribution is 2.21. The lowest BCUT2D eigenvalue weighted by molar-refractivity contribution is -0.119. The van der Waals surface area contributed by atoms with Crippen molar-refractivity contribution < 1.29 is 4.79 Å². The van der Waals surface area contributed by atoms with Gasteiger partial charge in [0.05, 0.1) is 18.2 Å². The largest absolute Gasteiger partial charge is 0.399 e. The zero-order chi connectivity index (χ0) is 10.1. The molecule has 1 unspecified atom stereocenters. The minimum absolute atomic E-state index is 0.0642. The van der Waals surface area contributed by atoms with Crippen molar-refractivity contribution in [3.05, 3.63) is 24.3 Å². The van der Waals surface area contributed by atoms with Crippen LogP contribution in [0.1, 0.15) is 13.3 Å². The molecule has 1 heterocycles. The highest BCUT2D eigenvalue weighted by molar-refractivity contribution is 5.82. The van der Waals surface area contributed by atoms with Gasteiger partial charge in [0.15, 0.2) is 0 Å². The van der Waals surface area contributed by atoms with E-state index in [4.69, 9.17) is 5.73 Å². The third-order valence-corrected chi connectivity index (χ3v) is 2.34. The van der Waals surface area contributed by atoms with Crippen LogP contribution in [0.2, 0.25) is 0 Å². The van der Waals surface area contributed by atoms with Gasteiger partial charge >= 0.3 is 0 Å². The predicted octanol–water partition coefficient (Wildman–Crippen LogP) is 0.899. The Kier molecular flexibility index (Phi) is 2.04. The van der Waals surface area contributed by atoms with Gasteiger partial charge in [0.25, 0.3) is 0 Å². The van der Waals surface area contributed by atoms with E-state index in [0.717, 1.165) is 11.4 Å². The van der Waals surface area contributed by atoms with Crippen LogP contribution in [-0.4, -0.2) is 11.9 Å². The van der Waals surface area contributed by atoms with Gasteiger partial charge < -0.3 is 5.73 Å². The van der Waals surface area contributed by atoms with Gasteiger partial charge in [-0.05, 0) is 31.2 Å². The fourth-order valence-corrected chi connectivity index (χ4v) is 1.60. The molecular formula is C10H13N3O. The van der Waals surface area contributed by atoms with Crippen LogP contribution in [0.25, 0.3) is 0 Å². The SMILES string of the molecule is CC1CC(=O)NN1c1ccc(N)cc1. The predicted molar refractivity (Wildman–Crippen MR) is 55.6 cm³/mol. The smallest absolute Gasteiger partial charge is 0.240 e. The molecule has 1 saturated heterocycles. The molecular weight excluding hydrogens is 178 g/mol. The molecule has 1 aliphatic heterocycles. The molecule has 1 aliphatic rings. The minimum atomic E-state index is 0.0642. The van der Waals surface area contributed by atoms with Crippen molar-refractivity contribution in [2.45, 2.75) is 19.4 Å². The molecule has 0 saturated carbocycles. The second kappa shape index (κ2) is 3.21. The van der Waals surface area contributed by atoms with Crippen LogP contribution in [-0.2, 0) is 4.79 Å². The zero-order valence-electron chi connectivity index (χ0n) is 8.03. The van der Waals surface area contributed by atoms with Crippen molar-refractivity contribution in [3.8, 4) is 0 Å². The van der Waals surface area contributed by atoms with Gasteiger partial charge in [-0.1, -0.05) is 0 Å². The lowest BCUT2D eigenvalue weighted by atomic mass is 10.2. The maximum Gasteiger partial charge on any atom is 0.240 e. The molecule has 1 amide bonds. The summed E-state index contributed by atoms with van der Waals surface area (Å²) in [6.07, 6.45) is 0.546. The van der Waals surface area contributed by atoms with Crippen molar-refractivity contribution in [2.24, 2.45) is 0 Å². The van der Waals surface area contributed by atoms with E-state index in [1.165, 1.54) is 0 Å². The molecule has 1 atom stereocenters. The van der Waals surface area contributed by atoms with Gasteiger partial charge in [0, 0.05) is 5.69 Å². The zero-order valence-corrected chi connectivity index (χ0v) is 8.03. The lowest BCUT2D eigenvalue weighted by Crippen LogP contribution is -2.36. The molecule has 0 aliphatic carbocycles. The molecule has 4 heteroatoms. The molecule has 2 rings (SSSR count). The summed E-state index contributed by atoms with van der Waals surface area (Å²) < 4.78 is 0. The average molecular weight is 191 g/mol. The quantitative estimate of drug-likeness (QED) is 0.648. The van der Waals surface area contributed by atoms with Crippen LogP contribution < -0.4 is 16.2 Å². The van der Waals surface area contributed by atoms with Crippen molar-refractivity contribution in [1.29, 1.82) is 0 Å². The standard InChI is InChI=1S/C10H13N3O/c1-7-6-10(14)12-13(7)9-4-2-8(11)3-5-9/h2-5,7H,6,11H2,1H3,(H,12,14). The molecule has 4 nitrogen and oxygen atoms in total. The Bertz CT molecular complexity index is 347. The van der Waals surface area contributed by atoms with Gasteiger partial charge in [0.2, 0.25) is 5.91 Å². The van der Waals surface area contributed by atoms with Crippen LogP contribution in [0, 0.1) is 0 Å². The highest BCUT2D eigenvalue weighted by Gasteiger charge is 2.26.